The van der Waals surface area contributed by atoms with E-state index < -0.39 is 60.8 Å². The lowest BCUT2D eigenvalue weighted by molar-refractivity contribution is -0.385. The molecule has 3 rings (SSSR count). The number of carbonyl (C=O) groups excluding carboxylic acids is 3. The van der Waals surface area contributed by atoms with E-state index in [1.807, 2.05) is 10.7 Å². The van der Waals surface area contributed by atoms with Crippen molar-refractivity contribution < 1.29 is 37.4 Å². The van der Waals surface area contributed by atoms with Gasteiger partial charge in [-0.1, -0.05) is 23.5 Å². The van der Waals surface area contributed by atoms with Gasteiger partial charge in [0.1, 0.15) is 10.4 Å². The number of hydrogen-bond acceptors (Lipinski definition) is 10. The van der Waals surface area contributed by atoms with Crippen LogP contribution in [0.5, 0.6) is 0 Å². The van der Waals surface area contributed by atoms with E-state index in [0.29, 0.717) is 10.5 Å². The molecule has 4 amide bonds. The minimum atomic E-state index is -5.11. The normalized spacial score (nSPS) is 11.2. The number of carbonyl (C=O) groups is 3. The van der Waals surface area contributed by atoms with Gasteiger partial charge in [0.05, 0.1) is 16.1 Å². The molecular weight excluding hydrogens is 551 g/mol. The van der Waals surface area contributed by atoms with E-state index in [9.17, 15) is 47.8 Å². The number of nitro benzene ring substituents is 2. The molecule has 14 nitrogen and oxygen atoms in total. The topological polar surface area (TPSA) is 190 Å². The molecule has 0 saturated carbocycles. The quantitative estimate of drug-likeness (QED) is 0.246. The third kappa shape index (κ3) is 6.74. The Morgan fingerprint density at radius 1 is 1.03 bits per heavy atom. The first-order valence-corrected chi connectivity index (χ1v) is 11.1. The number of benzene rings is 2. The molecule has 0 radical (unpaired) electrons. The Labute approximate surface area is 219 Å². The van der Waals surface area contributed by atoms with Gasteiger partial charge in [-0.2, -0.15) is 18.3 Å². The van der Waals surface area contributed by atoms with Crippen molar-refractivity contribution in [2.24, 2.45) is 5.10 Å². The van der Waals surface area contributed by atoms with E-state index >= 15 is 0 Å². The second kappa shape index (κ2) is 11.4. The van der Waals surface area contributed by atoms with Gasteiger partial charge in [-0.3, -0.25) is 40.0 Å². The third-order valence-corrected chi connectivity index (χ3v) is 5.86. The summed E-state index contributed by atoms with van der Waals surface area (Å²) >= 11 is 0.167. The van der Waals surface area contributed by atoms with Gasteiger partial charge in [-0.15, -0.1) is 0 Å². The van der Waals surface area contributed by atoms with Crippen LogP contribution in [0.2, 0.25) is 0 Å². The number of amides is 4. The highest BCUT2D eigenvalue weighted by Gasteiger charge is 2.40. The van der Waals surface area contributed by atoms with Crippen LogP contribution in [0.15, 0.2) is 53.6 Å². The summed E-state index contributed by atoms with van der Waals surface area (Å²) in [6.45, 7) is 0. The molecule has 0 unspecified atom stereocenters. The number of nitro groups is 2. The van der Waals surface area contributed by atoms with Gasteiger partial charge in [0.15, 0.2) is 10.8 Å². The fourth-order valence-corrected chi connectivity index (χ4v) is 3.79. The van der Waals surface area contributed by atoms with Crippen molar-refractivity contribution in [3.05, 3.63) is 90.5 Å². The van der Waals surface area contributed by atoms with E-state index in [4.69, 9.17) is 0 Å². The maximum Gasteiger partial charge on any atom is 0.435 e. The van der Waals surface area contributed by atoms with Gasteiger partial charge >= 0.3 is 12.2 Å². The summed E-state index contributed by atoms with van der Waals surface area (Å²) in [7, 11) is 0.968. The van der Waals surface area contributed by atoms with E-state index in [1.165, 1.54) is 24.3 Å². The van der Waals surface area contributed by atoms with E-state index in [0.717, 1.165) is 37.5 Å². The fourth-order valence-electron chi connectivity index (χ4n) is 2.86. The highest BCUT2D eigenvalue weighted by atomic mass is 32.1. The number of hydrogen-bond donors (Lipinski definition) is 2. The Kier molecular flexibility index (Phi) is 8.29. The SMILES string of the molecule is CN(C(=O)NC(=O)c1ccccc1[N+](=O)[O-])c1nc(C(F)(F)F)c(C(=O)N/N=C/c2ccc([N+](=O)[O-])cc2)s1. The first-order valence-electron chi connectivity index (χ1n) is 10.3. The van der Waals surface area contributed by atoms with Crippen LogP contribution in [-0.2, 0) is 6.18 Å². The maximum atomic E-state index is 13.6. The van der Waals surface area contributed by atoms with Gasteiger partial charge in [-0.25, -0.2) is 15.2 Å². The molecule has 3 aromatic rings. The van der Waals surface area contributed by atoms with Crippen LogP contribution >= 0.6 is 11.3 Å². The molecule has 0 aliphatic rings. The Morgan fingerprint density at radius 3 is 2.26 bits per heavy atom. The number of non-ortho nitro benzene ring substituents is 1. The van der Waals surface area contributed by atoms with Gasteiger partial charge < -0.3 is 0 Å². The number of thiazole rings is 1. The number of urea groups is 1. The van der Waals surface area contributed by atoms with Crippen molar-refractivity contribution in [1.29, 1.82) is 0 Å². The minimum absolute atomic E-state index is 0.167. The smallest absolute Gasteiger partial charge is 0.273 e. The molecule has 1 heterocycles. The van der Waals surface area contributed by atoms with E-state index in [2.05, 4.69) is 10.1 Å². The highest BCUT2D eigenvalue weighted by Crippen LogP contribution is 2.37. The first-order chi connectivity index (χ1) is 18.3. The molecule has 39 heavy (non-hydrogen) atoms. The highest BCUT2D eigenvalue weighted by molar-refractivity contribution is 7.17. The van der Waals surface area contributed by atoms with Gasteiger partial charge in [0, 0.05) is 25.2 Å². The number of nitrogens with zero attached hydrogens (tertiary/aromatic N) is 5. The molecule has 0 atom stereocenters. The summed E-state index contributed by atoms with van der Waals surface area (Å²) in [4.78, 5) is 60.5. The Morgan fingerprint density at radius 2 is 1.67 bits per heavy atom. The van der Waals surface area contributed by atoms with Crippen molar-refractivity contribution in [3.8, 4) is 0 Å². The number of halogens is 3. The Hall–Kier alpha value is -5.26. The first kappa shape index (κ1) is 28.3. The molecule has 0 aliphatic carbocycles. The van der Waals surface area contributed by atoms with Gasteiger partial charge in [0.2, 0.25) is 0 Å². The molecule has 2 N–H and O–H groups in total. The monoisotopic (exact) mass is 565 g/mol. The number of para-hydroxylation sites is 1. The largest absolute Gasteiger partial charge is 0.435 e. The predicted molar refractivity (Wildman–Crippen MR) is 130 cm³/mol. The summed E-state index contributed by atoms with van der Waals surface area (Å²) in [5, 5.41) is 26.5. The third-order valence-electron chi connectivity index (χ3n) is 4.73. The zero-order chi connectivity index (χ0) is 28.9. The van der Waals surface area contributed by atoms with Gasteiger partial charge in [-0.05, 0) is 23.8 Å². The number of alkyl halides is 3. The number of hydrazone groups is 1. The number of imide groups is 1. The number of nitrogens with one attached hydrogen (secondary N) is 2. The van der Waals surface area contributed by atoms with Crippen molar-refractivity contribution in [1.82, 2.24) is 15.7 Å². The fraction of sp³-hybridized carbons (Fsp3) is 0.0952. The van der Waals surface area contributed by atoms with Crippen LogP contribution in [-0.4, -0.2) is 45.9 Å². The summed E-state index contributed by atoms with van der Waals surface area (Å²) in [5.74, 6) is -2.51. The minimum Gasteiger partial charge on any atom is -0.273 e. The average molecular weight is 565 g/mol. The second-order valence-corrected chi connectivity index (χ2v) is 8.29. The lowest BCUT2D eigenvalue weighted by atomic mass is 10.1. The molecule has 202 valence electrons. The van der Waals surface area contributed by atoms with Crippen molar-refractivity contribution >= 4 is 51.9 Å². The lowest BCUT2D eigenvalue weighted by Crippen LogP contribution is -2.41. The molecular formula is C21H14F3N7O7S. The van der Waals surface area contributed by atoms with E-state index in [1.54, 1.807) is 0 Å². The zero-order valence-electron chi connectivity index (χ0n) is 19.3. The van der Waals surface area contributed by atoms with Crippen LogP contribution in [0.1, 0.15) is 31.3 Å². The van der Waals surface area contributed by atoms with Crippen LogP contribution < -0.4 is 15.6 Å². The van der Waals surface area contributed by atoms with Crippen LogP contribution in [0.3, 0.4) is 0 Å². The summed E-state index contributed by atoms with van der Waals surface area (Å²) in [6.07, 6.45) is -4.08. The molecule has 0 fully saturated rings. The van der Waals surface area contributed by atoms with Crippen LogP contribution in [0, 0.1) is 20.2 Å². The van der Waals surface area contributed by atoms with Gasteiger partial charge in [0.25, 0.3) is 23.2 Å². The van der Waals surface area contributed by atoms with Crippen molar-refractivity contribution in [2.45, 2.75) is 6.18 Å². The number of aromatic nitrogens is 1. The maximum absolute atomic E-state index is 13.6. The number of anilines is 1. The molecule has 0 bridgehead atoms. The summed E-state index contributed by atoms with van der Waals surface area (Å²) < 4.78 is 40.7. The number of rotatable bonds is 7. The molecule has 18 heteroatoms. The van der Waals surface area contributed by atoms with Crippen molar-refractivity contribution in [3.63, 3.8) is 0 Å². The predicted octanol–water partition coefficient (Wildman–Crippen LogP) is 3.73. The van der Waals surface area contributed by atoms with Crippen LogP contribution in [0.25, 0.3) is 0 Å². The Balaban J connectivity index is 1.78. The summed E-state index contributed by atoms with van der Waals surface area (Å²) in [5.41, 5.74) is -0.737. The zero-order valence-corrected chi connectivity index (χ0v) is 20.1. The molecule has 0 saturated heterocycles. The summed E-state index contributed by atoms with van der Waals surface area (Å²) in [6, 6.07) is 8.31. The van der Waals surface area contributed by atoms with Crippen LogP contribution in [0.4, 0.5) is 34.5 Å². The standard InChI is InChI=1S/C21H14F3N7O7S/c1-29(19(34)27-17(32)13-4-2-3-5-14(13)31(37)38)20-26-16(21(22,23)24)15(39-20)18(33)28-25-10-11-6-8-12(9-7-11)30(35)36/h2-10H,1H3,(H,28,33)(H,27,32,34)/b25-10+. The van der Waals surface area contributed by atoms with Crippen molar-refractivity contribution in [2.75, 3.05) is 11.9 Å². The molecule has 1 aromatic heterocycles. The lowest BCUT2D eigenvalue weighted by Gasteiger charge is -2.14. The second-order valence-electron chi connectivity index (χ2n) is 7.31. The molecule has 2 aromatic carbocycles. The van der Waals surface area contributed by atoms with E-state index in [-0.39, 0.29) is 17.0 Å². The average Bonchev–Trinajstić information content (AvgIpc) is 3.35. The Bertz CT molecular complexity index is 1490. The molecule has 0 spiro atoms. The molecule has 0 aliphatic heterocycles.